The van der Waals surface area contributed by atoms with Crippen molar-refractivity contribution in [1.82, 2.24) is 24.2 Å². The van der Waals surface area contributed by atoms with Crippen LogP contribution in [0.5, 0.6) is 11.5 Å². The third-order valence-electron chi connectivity index (χ3n) is 5.82. The summed E-state index contributed by atoms with van der Waals surface area (Å²) in [6.07, 6.45) is -2.09. The van der Waals surface area contributed by atoms with Crippen molar-refractivity contribution in [2.75, 3.05) is 13.3 Å². The molecule has 0 N–H and O–H groups in total. The van der Waals surface area contributed by atoms with Gasteiger partial charge in [0.25, 0.3) is 5.56 Å². The number of likely N-dealkylation sites (N-methyl/N-ethyl adjacent to an activating group) is 1. The monoisotopic (exact) mass is 499 g/mol. The van der Waals surface area contributed by atoms with Gasteiger partial charge in [-0.15, -0.1) is 0 Å². The molecule has 1 aliphatic heterocycles. The largest absolute Gasteiger partial charge is 0.454 e. The van der Waals surface area contributed by atoms with Crippen LogP contribution >= 0.6 is 0 Å². The molecule has 3 heterocycles. The number of hydrogen-bond acceptors (Lipinski definition) is 6. The fourth-order valence-electron chi connectivity index (χ4n) is 3.95. The molecule has 0 radical (unpaired) electrons. The van der Waals surface area contributed by atoms with E-state index in [1.54, 1.807) is 17.0 Å². The Labute approximate surface area is 202 Å². The van der Waals surface area contributed by atoms with E-state index in [0.29, 0.717) is 24.6 Å². The topological polar surface area (TPSA) is 91.5 Å². The highest BCUT2D eigenvalue weighted by Gasteiger charge is 2.30. The maximum absolute atomic E-state index is 13.1. The van der Waals surface area contributed by atoms with Crippen molar-refractivity contribution in [2.24, 2.45) is 0 Å². The summed E-state index contributed by atoms with van der Waals surface area (Å²) in [6, 6.07) is 9.99. The van der Waals surface area contributed by atoms with E-state index in [1.165, 1.54) is 24.7 Å². The molecular formula is C24H20F3N5O4. The first-order chi connectivity index (χ1) is 17.2. The summed E-state index contributed by atoms with van der Waals surface area (Å²) in [6.45, 7) is 2.44. The molecule has 0 unspecified atom stereocenters. The van der Waals surface area contributed by atoms with Crippen molar-refractivity contribution < 1.29 is 27.4 Å². The van der Waals surface area contributed by atoms with Gasteiger partial charge in [0.2, 0.25) is 12.7 Å². The minimum absolute atomic E-state index is 0.0848. The summed E-state index contributed by atoms with van der Waals surface area (Å²) in [7, 11) is 0. The Hall–Kier alpha value is -4.35. The van der Waals surface area contributed by atoms with Gasteiger partial charge in [-0.2, -0.15) is 18.3 Å². The number of fused-ring (bicyclic) bond motifs is 2. The molecule has 2 aromatic carbocycles. The lowest BCUT2D eigenvalue weighted by molar-refractivity contribution is -0.137. The van der Waals surface area contributed by atoms with E-state index in [9.17, 15) is 22.8 Å². The van der Waals surface area contributed by atoms with Gasteiger partial charge in [0.1, 0.15) is 18.3 Å². The summed E-state index contributed by atoms with van der Waals surface area (Å²) >= 11 is 0. The van der Waals surface area contributed by atoms with Crippen molar-refractivity contribution in [2.45, 2.75) is 26.2 Å². The molecule has 1 amide bonds. The van der Waals surface area contributed by atoms with Crippen LogP contribution in [0.25, 0.3) is 16.7 Å². The molecular weight excluding hydrogens is 479 g/mol. The molecule has 0 fully saturated rings. The van der Waals surface area contributed by atoms with E-state index >= 15 is 0 Å². The number of carbonyl (C=O) groups excluding carboxylic acids is 1. The molecule has 0 atom stereocenters. The number of rotatable bonds is 6. The van der Waals surface area contributed by atoms with E-state index in [4.69, 9.17) is 9.47 Å². The Morgan fingerprint density at radius 2 is 1.94 bits per heavy atom. The van der Waals surface area contributed by atoms with Crippen LogP contribution in [0.15, 0.2) is 59.8 Å². The first-order valence-corrected chi connectivity index (χ1v) is 11.0. The maximum atomic E-state index is 13.1. The predicted molar refractivity (Wildman–Crippen MR) is 122 cm³/mol. The standard InChI is InChI=1S/C24H20F3N5O4/c1-2-30(11-15-6-7-19-20(8-15)36-14-35-19)21(33)12-31-13-28-22-18(23(31)34)10-29-32(22)17-5-3-4-16(9-17)24(25,26)27/h3-10,13H,2,11-12,14H2,1H3. The number of aromatic nitrogens is 4. The molecule has 186 valence electrons. The summed E-state index contributed by atoms with van der Waals surface area (Å²) < 4.78 is 52.3. The molecule has 0 aliphatic carbocycles. The second-order valence-electron chi connectivity index (χ2n) is 8.11. The summed E-state index contributed by atoms with van der Waals surface area (Å²) in [5, 5.41) is 4.15. The summed E-state index contributed by atoms with van der Waals surface area (Å²) in [5.74, 6) is 0.952. The van der Waals surface area contributed by atoms with Gasteiger partial charge in [-0.05, 0) is 42.8 Å². The van der Waals surface area contributed by atoms with Crippen molar-refractivity contribution in [3.63, 3.8) is 0 Å². The summed E-state index contributed by atoms with van der Waals surface area (Å²) in [5.41, 5.74) is -0.315. The van der Waals surface area contributed by atoms with Crippen molar-refractivity contribution in [1.29, 1.82) is 0 Å². The second kappa shape index (κ2) is 9.02. The Kier molecular flexibility index (Phi) is 5.86. The number of hydrogen-bond donors (Lipinski definition) is 0. The number of alkyl halides is 3. The molecule has 4 aromatic rings. The van der Waals surface area contributed by atoms with Gasteiger partial charge in [0.15, 0.2) is 17.1 Å². The van der Waals surface area contributed by atoms with Gasteiger partial charge >= 0.3 is 6.18 Å². The molecule has 5 rings (SSSR count). The van der Waals surface area contributed by atoms with Crippen LogP contribution in [-0.4, -0.2) is 43.5 Å². The van der Waals surface area contributed by atoms with Crippen LogP contribution in [0.2, 0.25) is 0 Å². The second-order valence-corrected chi connectivity index (χ2v) is 8.11. The van der Waals surface area contributed by atoms with Crippen LogP contribution in [0, 0.1) is 0 Å². The zero-order chi connectivity index (χ0) is 25.4. The van der Waals surface area contributed by atoms with Gasteiger partial charge < -0.3 is 14.4 Å². The molecule has 1 aliphatic rings. The summed E-state index contributed by atoms with van der Waals surface area (Å²) in [4.78, 5) is 31.8. The lowest BCUT2D eigenvalue weighted by Gasteiger charge is -2.21. The smallest absolute Gasteiger partial charge is 0.416 e. The average molecular weight is 499 g/mol. The third kappa shape index (κ3) is 4.37. The highest BCUT2D eigenvalue weighted by Crippen LogP contribution is 2.33. The number of amides is 1. The number of benzene rings is 2. The highest BCUT2D eigenvalue weighted by molar-refractivity contribution is 5.78. The Morgan fingerprint density at radius 1 is 1.14 bits per heavy atom. The minimum Gasteiger partial charge on any atom is -0.454 e. The van der Waals surface area contributed by atoms with Gasteiger partial charge in [0, 0.05) is 13.1 Å². The predicted octanol–water partition coefficient (Wildman–Crippen LogP) is 3.38. The van der Waals surface area contributed by atoms with E-state index in [-0.39, 0.29) is 36.0 Å². The van der Waals surface area contributed by atoms with Gasteiger partial charge in [0.05, 0.1) is 17.4 Å². The normalized spacial score (nSPS) is 12.8. The number of ether oxygens (including phenoxy) is 2. The number of carbonyl (C=O) groups is 1. The molecule has 9 nitrogen and oxygen atoms in total. The fourth-order valence-corrected chi connectivity index (χ4v) is 3.95. The maximum Gasteiger partial charge on any atom is 0.416 e. The number of nitrogens with zero attached hydrogens (tertiary/aromatic N) is 5. The first-order valence-electron chi connectivity index (χ1n) is 11.0. The van der Waals surface area contributed by atoms with Crippen molar-refractivity contribution in [3.8, 4) is 17.2 Å². The lowest BCUT2D eigenvalue weighted by atomic mass is 10.2. The minimum atomic E-state index is -4.52. The molecule has 0 spiro atoms. The van der Waals surface area contributed by atoms with Crippen molar-refractivity contribution >= 4 is 16.9 Å². The SMILES string of the molecule is CCN(Cc1ccc2c(c1)OCO2)C(=O)Cn1cnc2c(cnn2-c2cccc(C(F)(F)F)c2)c1=O. The molecule has 36 heavy (non-hydrogen) atoms. The Morgan fingerprint density at radius 3 is 2.72 bits per heavy atom. The Balaban J connectivity index is 1.38. The van der Waals surface area contributed by atoms with Gasteiger partial charge in [-0.1, -0.05) is 12.1 Å². The zero-order valence-corrected chi connectivity index (χ0v) is 19.0. The van der Waals surface area contributed by atoms with E-state index in [2.05, 4.69) is 10.1 Å². The van der Waals surface area contributed by atoms with Crippen LogP contribution < -0.4 is 15.0 Å². The average Bonchev–Trinajstić information content (AvgIpc) is 3.51. The number of halogens is 3. The Bertz CT molecular complexity index is 1510. The molecule has 12 heteroatoms. The quantitative estimate of drug-likeness (QED) is 0.404. The van der Waals surface area contributed by atoms with Gasteiger partial charge in [-0.25, -0.2) is 9.67 Å². The molecule has 0 saturated heterocycles. The lowest BCUT2D eigenvalue weighted by Crippen LogP contribution is -2.36. The first kappa shape index (κ1) is 23.4. The third-order valence-corrected chi connectivity index (χ3v) is 5.82. The van der Waals surface area contributed by atoms with Crippen LogP contribution in [0.4, 0.5) is 13.2 Å². The van der Waals surface area contributed by atoms with Crippen LogP contribution in [0.3, 0.4) is 0 Å². The molecule has 0 bridgehead atoms. The van der Waals surface area contributed by atoms with E-state index in [1.807, 2.05) is 13.0 Å². The van der Waals surface area contributed by atoms with E-state index in [0.717, 1.165) is 26.9 Å². The van der Waals surface area contributed by atoms with Gasteiger partial charge in [-0.3, -0.25) is 14.2 Å². The molecule has 2 aromatic heterocycles. The fraction of sp³-hybridized carbons (Fsp3) is 0.250. The highest BCUT2D eigenvalue weighted by atomic mass is 19.4. The van der Waals surface area contributed by atoms with Crippen LogP contribution in [0.1, 0.15) is 18.1 Å². The molecule has 0 saturated carbocycles. The van der Waals surface area contributed by atoms with Crippen molar-refractivity contribution in [3.05, 3.63) is 76.5 Å². The van der Waals surface area contributed by atoms with Crippen LogP contribution in [-0.2, 0) is 24.1 Å². The zero-order valence-electron chi connectivity index (χ0n) is 19.0. The van der Waals surface area contributed by atoms with E-state index < -0.39 is 17.3 Å².